The zero-order valence-electron chi connectivity index (χ0n) is 11.5. The molecular weight excluding hydrogens is 240 g/mol. The molecule has 4 heteroatoms. The Kier molecular flexibility index (Phi) is 4.00. The van der Waals surface area contributed by atoms with Gasteiger partial charge in [-0.2, -0.15) is 0 Å². The molecule has 0 fully saturated rings. The van der Waals surface area contributed by atoms with Gasteiger partial charge in [0.1, 0.15) is 11.6 Å². The third-order valence-corrected chi connectivity index (χ3v) is 3.03. The smallest absolute Gasteiger partial charge is 0.254 e. The number of ether oxygens (including phenoxy) is 1. The predicted octanol–water partition coefficient (Wildman–Crippen LogP) is 2.71. The lowest BCUT2D eigenvalue weighted by molar-refractivity contribution is 0.341. The maximum atomic E-state index is 11.9. The van der Waals surface area contributed by atoms with Crippen LogP contribution in [-0.2, 0) is 6.42 Å². The summed E-state index contributed by atoms with van der Waals surface area (Å²) in [5.41, 5.74) is 2.23. The summed E-state index contributed by atoms with van der Waals surface area (Å²) >= 11 is 0. The Labute approximate surface area is 112 Å². The lowest BCUT2D eigenvalue weighted by Gasteiger charge is -2.10. The van der Waals surface area contributed by atoms with E-state index in [9.17, 15) is 4.79 Å². The molecule has 0 bridgehead atoms. The van der Waals surface area contributed by atoms with E-state index in [1.165, 1.54) is 0 Å². The number of rotatable bonds is 4. The number of aryl methyl sites for hydroxylation is 1. The third kappa shape index (κ3) is 2.67. The maximum Gasteiger partial charge on any atom is 0.254 e. The van der Waals surface area contributed by atoms with Crippen molar-refractivity contribution in [2.24, 2.45) is 0 Å². The van der Waals surface area contributed by atoms with Crippen molar-refractivity contribution in [3.05, 3.63) is 45.9 Å². The Morgan fingerprint density at radius 1 is 1.26 bits per heavy atom. The molecule has 0 aliphatic carbocycles. The SMILES string of the molecule is CCOc1ccccc1-c1nc(CC)c(C)c(=O)[nH]1. The molecule has 0 aliphatic heterocycles. The van der Waals surface area contributed by atoms with Crippen LogP contribution in [0.5, 0.6) is 5.75 Å². The van der Waals surface area contributed by atoms with Crippen molar-refractivity contribution < 1.29 is 4.74 Å². The van der Waals surface area contributed by atoms with E-state index in [1.807, 2.05) is 38.1 Å². The third-order valence-electron chi connectivity index (χ3n) is 3.03. The minimum absolute atomic E-state index is 0.0897. The Hall–Kier alpha value is -2.10. The van der Waals surface area contributed by atoms with E-state index in [0.29, 0.717) is 18.0 Å². The molecule has 0 atom stereocenters. The number of benzene rings is 1. The van der Waals surface area contributed by atoms with Gasteiger partial charge >= 0.3 is 0 Å². The monoisotopic (exact) mass is 258 g/mol. The summed E-state index contributed by atoms with van der Waals surface area (Å²) < 4.78 is 5.57. The topological polar surface area (TPSA) is 55.0 Å². The molecule has 2 rings (SSSR count). The fourth-order valence-corrected chi connectivity index (χ4v) is 1.99. The Morgan fingerprint density at radius 3 is 2.68 bits per heavy atom. The molecule has 0 saturated heterocycles. The first-order chi connectivity index (χ1) is 9.17. The van der Waals surface area contributed by atoms with Crippen LogP contribution in [0.1, 0.15) is 25.1 Å². The normalized spacial score (nSPS) is 10.5. The molecule has 0 aliphatic rings. The van der Waals surface area contributed by atoms with E-state index in [-0.39, 0.29) is 5.56 Å². The van der Waals surface area contributed by atoms with Crippen molar-refractivity contribution >= 4 is 0 Å². The molecule has 1 heterocycles. The number of aromatic nitrogens is 2. The summed E-state index contributed by atoms with van der Waals surface area (Å²) in [5.74, 6) is 1.30. The van der Waals surface area contributed by atoms with Crippen LogP contribution < -0.4 is 10.3 Å². The summed E-state index contributed by atoms with van der Waals surface area (Å²) in [7, 11) is 0. The van der Waals surface area contributed by atoms with Crippen LogP contribution in [0.2, 0.25) is 0 Å². The van der Waals surface area contributed by atoms with Gasteiger partial charge in [-0.25, -0.2) is 4.98 Å². The summed E-state index contributed by atoms with van der Waals surface area (Å²) in [6, 6.07) is 7.59. The number of aromatic amines is 1. The summed E-state index contributed by atoms with van der Waals surface area (Å²) in [5, 5.41) is 0. The zero-order chi connectivity index (χ0) is 13.8. The van der Waals surface area contributed by atoms with Crippen LogP contribution >= 0.6 is 0 Å². The molecule has 19 heavy (non-hydrogen) atoms. The van der Waals surface area contributed by atoms with Gasteiger partial charge in [0.25, 0.3) is 5.56 Å². The zero-order valence-corrected chi connectivity index (χ0v) is 11.5. The van der Waals surface area contributed by atoms with Gasteiger partial charge in [0.2, 0.25) is 0 Å². The number of nitrogens with zero attached hydrogens (tertiary/aromatic N) is 1. The van der Waals surface area contributed by atoms with Crippen molar-refractivity contribution in [2.75, 3.05) is 6.61 Å². The van der Waals surface area contributed by atoms with Gasteiger partial charge in [-0.3, -0.25) is 4.79 Å². The quantitative estimate of drug-likeness (QED) is 0.917. The highest BCUT2D eigenvalue weighted by Crippen LogP contribution is 2.26. The van der Waals surface area contributed by atoms with E-state index in [0.717, 1.165) is 23.4 Å². The molecule has 0 radical (unpaired) electrons. The second-order valence-corrected chi connectivity index (χ2v) is 4.27. The first kappa shape index (κ1) is 13.3. The molecule has 2 aromatic rings. The summed E-state index contributed by atoms with van der Waals surface area (Å²) in [6.07, 6.45) is 0.736. The van der Waals surface area contributed by atoms with Gasteiger partial charge < -0.3 is 9.72 Å². The van der Waals surface area contributed by atoms with Crippen LogP contribution in [-0.4, -0.2) is 16.6 Å². The minimum atomic E-state index is -0.0897. The van der Waals surface area contributed by atoms with Crippen LogP contribution in [0.3, 0.4) is 0 Å². The highest BCUT2D eigenvalue weighted by atomic mass is 16.5. The van der Waals surface area contributed by atoms with E-state index >= 15 is 0 Å². The van der Waals surface area contributed by atoms with Gasteiger partial charge in [-0.1, -0.05) is 19.1 Å². The predicted molar refractivity (Wildman–Crippen MR) is 75.6 cm³/mol. The van der Waals surface area contributed by atoms with Crippen LogP contribution in [0, 0.1) is 6.92 Å². The van der Waals surface area contributed by atoms with Crippen molar-refractivity contribution in [3.8, 4) is 17.1 Å². The van der Waals surface area contributed by atoms with E-state index < -0.39 is 0 Å². The van der Waals surface area contributed by atoms with Gasteiger partial charge in [0, 0.05) is 5.56 Å². The molecule has 1 N–H and O–H groups in total. The molecular formula is C15H18N2O2. The molecule has 0 spiro atoms. The van der Waals surface area contributed by atoms with Gasteiger partial charge in [0.15, 0.2) is 0 Å². The van der Waals surface area contributed by atoms with Gasteiger partial charge in [-0.15, -0.1) is 0 Å². The second-order valence-electron chi connectivity index (χ2n) is 4.27. The van der Waals surface area contributed by atoms with Crippen molar-refractivity contribution in [1.82, 2.24) is 9.97 Å². The molecule has 4 nitrogen and oxygen atoms in total. The largest absolute Gasteiger partial charge is 0.493 e. The van der Waals surface area contributed by atoms with E-state index in [1.54, 1.807) is 6.92 Å². The van der Waals surface area contributed by atoms with Gasteiger partial charge in [0.05, 0.1) is 17.9 Å². The minimum Gasteiger partial charge on any atom is -0.493 e. The molecule has 0 amide bonds. The number of nitrogens with one attached hydrogen (secondary N) is 1. The highest BCUT2D eigenvalue weighted by Gasteiger charge is 2.11. The Bertz CT molecular complexity index is 632. The van der Waals surface area contributed by atoms with Crippen LogP contribution in [0.4, 0.5) is 0 Å². The molecule has 0 unspecified atom stereocenters. The first-order valence-corrected chi connectivity index (χ1v) is 6.49. The number of hydrogen-bond donors (Lipinski definition) is 1. The van der Waals surface area contributed by atoms with Crippen molar-refractivity contribution in [1.29, 1.82) is 0 Å². The number of H-pyrrole nitrogens is 1. The fourth-order valence-electron chi connectivity index (χ4n) is 1.99. The van der Waals surface area contributed by atoms with Crippen LogP contribution in [0.25, 0.3) is 11.4 Å². The molecule has 1 aromatic carbocycles. The number of hydrogen-bond acceptors (Lipinski definition) is 3. The maximum absolute atomic E-state index is 11.9. The summed E-state index contributed by atoms with van der Waals surface area (Å²) in [6.45, 7) is 6.29. The lowest BCUT2D eigenvalue weighted by atomic mass is 10.1. The van der Waals surface area contributed by atoms with Crippen molar-refractivity contribution in [3.63, 3.8) is 0 Å². The lowest BCUT2D eigenvalue weighted by Crippen LogP contribution is -2.16. The fraction of sp³-hybridized carbons (Fsp3) is 0.333. The number of para-hydroxylation sites is 1. The Morgan fingerprint density at radius 2 is 2.00 bits per heavy atom. The first-order valence-electron chi connectivity index (χ1n) is 6.49. The highest BCUT2D eigenvalue weighted by molar-refractivity contribution is 5.64. The van der Waals surface area contributed by atoms with E-state index in [4.69, 9.17) is 4.74 Å². The molecule has 0 saturated carbocycles. The summed E-state index contributed by atoms with van der Waals surface area (Å²) in [4.78, 5) is 19.3. The Balaban J connectivity index is 2.59. The average Bonchev–Trinajstić information content (AvgIpc) is 2.43. The van der Waals surface area contributed by atoms with Crippen LogP contribution in [0.15, 0.2) is 29.1 Å². The molecule has 1 aromatic heterocycles. The van der Waals surface area contributed by atoms with E-state index in [2.05, 4.69) is 9.97 Å². The average molecular weight is 258 g/mol. The standard InChI is InChI=1S/C15H18N2O2/c1-4-12-10(3)15(18)17-14(16-12)11-8-6-7-9-13(11)19-5-2/h6-9H,4-5H2,1-3H3,(H,16,17,18). The van der Waals surface area contributed by atoms with Gasteiger partial charge in [-0.05, 0) is 32.4 Å². The van der Waals surface area contributed by atoms with Crippen molar-refractivity contribution in [2.45, 2.75) is 27.2 Å². The second kappa shape index (κ2) is 5.69. The molecule has 100 valence electrons.